The number of aliphatic carboxylic acids is 1. The Hall–Kier alpha value is -1.98. The lowest BCUT2D eigenvalue weighted by Crippen LogP contribution is -2.42. The second-order valence-electron chi connectivity index (χ2n) is 4.39. The summed E-state index contributed by atoms with van der Waals surface area (Å²) in [6.45, 7) is -0.265. The molecule has 0 radical (unpaired) electrons. The maximum Gasteiger partial charge on any atom is 0.323 e. The summed E-state index contributed by atoms with van der Waals surface area (Å²) in [5.74, 6) is -1.29. The highest BCUT2D eigenvalue weighted by atomic mass is 16.4. The van der Waals surface area contributed by atoms with Crippen LogP contribution in [0.1, 0.15) is 36.0 Å². The normalized spacial score (nSPS) is 15.6. The molecule has 0 unspecified atom stereocenters. The molecule has 1 aromatic heterocycles. The highest BCUT2D eigenvalue weighted by molar-refractivity contribution is 5.95. The molecule has 1 amide bonds. The van der Waals surface area contributed by atoms with Crippen molar-refractivity contribution in [3.8, 4) is 0 Å². The summed E-state index contributed by atoms with van der Waals surface area (Å²) < 4.78 is 0. The summed E-state index contributed by atoms with van der Waals surface area (Å²) in [5.41, 5.74) is 0.339. The third-order valence-electron chi connectivity index (χ3n) is 3.14. The Bertz CT molecular complexity index is 429. The van der Waals surface area contributed by atoms with Gasteiger partial charge in [-0.15, -0.1) is 0 Å². The molecule has 0 bridgehead atoms. The van der Waals surface area contributed by atoms with E-state index in [9.17, 15) is 9.59 Å². The largest absolute Gasteiger partial charge is 0.480 e. The van der Waals surface area contributed by atoms with Crippen molar-refractivity contribution < 1.29 is 14.7 Å². The molecular weight excluding hydrogens is 234 g/mol. The van der Waals surface area contributed by atoms with E-state index in [0.717, 1.165) is 25.7 Å². The summed E-state index contributed by atoms with van der Waals surface area (Å²) in [6, 6.07) is 0.0220. The first kappa shape index (κ1) is 12.5. The van der Waals surface area contributed by atoms with Gasteiger partial charge in [0.05, 0.1) is 5.56 Å². The van der Waals surface area contributed by atoms with Crippen LogP contribution in [0.25, 0.3) is 0 Å². The Kier molecular flexibility index (Phi) is 3.86. The van der Waals surface area contributed by atoms with Crippen LogP contribution in [0.15, 0.2) is 18.7 Å². The third-order valence-corrected chi connectivity index (χ3v) is 3.14. The summed E-state index contributed by atoms with van der Waals surface area (Å²) in [6.07, 6.45) is 7.99. The summed E-state index contributed by atoms with van der Waals surface area (Å²) in [4.78, 5) is 32.1. The van der Waals surface area contributed by atoms with Gasteiger partial charge in [-0.25, -0.2) is 9.97 Å². The molecule has 1 aliphatic carbocycles. The van der Waals surface area contributed by atoms with E-state index in [0.29, 0.717) is 5.56 Å². The second-order valence-corrected chi connectivity index (χ2v) is 4.39. The molecule has 1 saturated carbocycles. The number of aromatic nitrogens is 2. The first-order chi connectivity index (χ1) is 8.68. The van der Waals surface area contributed by atoms with Gasteiger partial charge in [-0.05, 0) is 12.8 Å². The average molecular weight is 249 g/mol. The molecular formula is C12H15N3O3. The fourth-order valence-electron chi connectivity index (χ4n) is 2.30. The molecule has 1 fully saturated rings. The minimum Gasteiger partial charge on any atom is -0.480 e. The number of carboxylic acid groups (broad SMARTS) is 1. The minimum absolute atomic E-state index is 0.0220. The molecule has 1 N–H and O–H groups in total. The Morgan fingerprint density at radius 1 is 1.28 bits per heavy atom. The highest BCUT2D eigenvalue weighted by Crippen LogP contribution is 2.24. The minimum atomic E-state index is -0.993. The van der Waals surface area contributed by atoms with E-state index < -0.39 is 5.97 Å². The Morgan fingerprint density at radius 2 is 1.89 bits per heavy atom. The van der Waals surface area contributed by atoms with Crippen molar-refractivity contribution in [3.05, 3.63) is 24.3 Å². The number of hydrogen-bond acceptors (Lipinski definition) is 4. The van der Waals surface area contributed by atoms with Crippen LogP contribution >= 0.6 is 0 Å². The lowest BCUT2D eigenvalue weighted by molar-refractivity contribution is -0.138. The molecule has 0 aromatic carbocycles. The lowest BCUT2D eigenvalue weighted by atomic mass is 10.1. The topological polar surface area (TPSA) is 83.4 Å². The predicted molar refractivity (Wildman–Crippen MR) is 63.0 cm³/mol. The van der Waals surface area contributed by atoms with Crippen LogP contribution < -0.4 is 0 Å². The SMILES string of the molecule is O=C(O)CN(C(=O)c1cncnc1)C1CCCC1. The van der Waals surface area contributed by atoms with Crippen LogP contribution in [-0.4, -0.2) is 44.4 Å². The maximum absolute atomic E-state index is 12.2. The quantitative estimate of drug-likeness (QED) is 0.858. The van der Waals surface area contributed by atoms with Crippen molar-refractivity contribution in [2.75, 3.05) is 6.54 Å². The van der Waals surface area contributed by atoms with E-state index in [1.54, 1.807) is 0 Å². The standard InChI is InChI=1S/C12H15N3O3/c16-11(17)7-15(10-3-1-2-4-10)12(18)9-5-13-8-14-6-9/h5-6,8,10H,1-4,7H2,(H,16,17). The zero-order valence-corrected chi connectivity index (χ0v) is 9.95. The van der Waals surface area contributed by atoms with Crippen molar-refractivity contribution in [1.82, 2.24) is 14.9 Å². The summed E-state index contributed by atoms with van der Waals surface area (Å²) >= 11 is 0. The van der Waals surface area contributed by atoms with Gasteiger partial charge < -0.3 is 10.0 Å². The van der Waals surface area contributed by atoms with Crippen molar-refractivity contribution in [1.29, 1.82) is 0 Å². The van der Waals surface area contributed by atoms with E-state index >= 15 is 0 Å². The van der Waals surface area contributed by atoms with Gasteiger partial charge in [0, 0.05) is 18.4 Å². The number of nitrogens with zero attached hydrogens (tertiary/aromatic N) is 3. The second kappa shape index (κ2) is 5.57. The Balaban J connectivity index is 2.17. The van der Waals surface area contributed by atoms with Crippen molar-refractivity contribution in [2.45, 2.75) is 31.7 Å². The van der Waals surface area contributed by atoms with Crippen LogP contribution in [0.3, 0.4) is 0 Å². The monoisotopic (exact) mass is 249 g/mol. The lowest BCUT2D eigenvalue weighted by Gasteiger charge is -2.27. The Morgan fingerprint density at radius 3 is 2.44 bits per heavy atom. The number of amides is 1. The molecule has 0 aliphatic heterocycles. The zero-order valence-electron chi connectivity index (χ0n) is 9.95. The van der Waals surface area contributed by atoms with Crippen molar-refractivity contribution in [2.24, 2.45) is 0 Å². The van der Waals surface area contributed by atoms with E-state index in [-0.39, 0.29) is 18.5 Å². The Labute approximate surface area is 105 Å². The molecule has 6 nitrogen and oxygen atoms in total. The zero-order chi connectivity index (χ0) is 13.0. The summed E-state index contributed by atoms with van der Waals surface area (Å²) in [5, 5.41) is 8.91. The molecule has 0 saturated heterocycles. The molecule has 6 heteroatoms. The van der Waals surface area contributed by atoms with Gasteiger partial charge in [-0.3, -0.25) is 9.59 Å². The van der Waals surface area contributed by atoms with Crippen LogP contribution in [0.4, 0.5) is 0 Å². The first-order valence-corrected chi connectivity index (χ1v) is 5.96. The van der Waals surface area contributed by atoms with Crippen molar-refractivity contribution >= 4 is 11.9 Å². The summed E-state index contributed by atoms with van der Waals surface area (Å²) in [7, 11) is 0. The van der Waals surface area contributed by atoms with Gasteiger partial charge >= 0.3 is 5.97 Å². The van der Waals surface area contributed by atoms with E-state index in [1.165, 1.54) is 23.6 Å². The van der Waals surface area contributed by atoms with Gasteiger partial charge in [0.1, 0.15) is 12.9 Å². The smallest absolute Gasteiger partial charge is 0.323 e. The van der Waals surface area contributed by atoms with Gasteiger partial charge in [0.2, 0.25) is 0 Å². The maximum atomic E-state index is 12.2. The third kappa shape index (κ3) is 2.82. The highest BCUT2D eigenvalue weighted by Gasteiger charge is 2.29. The van der Waals surface area contributed by atoms with E-state index in [2.05, 4.69) is 9.97 Å². The van der Waals surface area contributed by atoms with Crippen molar-refractivity contribution in [3.63, 3.8) is 0 Å². The number of rotatable bonds is 4. The predicted octanol–water partition coefficient (Wildman–Crippen LogP) is 0.946. The van der Waals surface area contributed by atoms with Gasteiger partial charge in [-0.2, -0.15) is 0 Å². The van der Waals surface area contributed by atoms with Crippen LogP contribution in [0, 0.1) is 0 Å². The molecule has 1 aliphatic rings. The fraction of sp³-hybridized carbons (Fsp3) is 0.500. The van der Waals surface area contributed by atoms with E-state index in [4.69, 9.17) is 5.11 Å². The molecule has 96 valence electrons. The molecule has 1 aromatic rings. The average Bonchev–Trinajstić information content (AvgIpc) is 2.89. The molecule has 0 spiro atoms. The molecule has 0 atom stereocenters. The van der Waals surface area contributed by atoms with Gasteiger partial charge in [0.25, 0.3) is 5.91 Å². The van der Waals surface area contributed by atoms with Crippen LogP contribution in [-0.2, 0) is 4.79 Å². The van der Waals surface area contributed by atoms with Gasteiger partial charge in [0.15, 0.2) is 0 Å². The molecule has 2 rings (SSSR count). The number of carbonyl (C=O) groups is 2. The first-order valence-electron chi connectivity index (χ1n) is 5.96. The molecule has 1 heterocycles. The van der Waals surface area contributed by atoms with Crippen LogP contribution in [0.5, 0.6) is 0 Å². The van der Waals surface area contributed by atoms with Crippen LogP contribution in [0.2, 0.25) is 0 Å². The number of carboxylic acids is 1. The number of hydrogen-bond donors (Lipinski definition) is 1. The van der Waals surface area contributed by atoms with Gasteiger partial charge in [-0.1, -0.05) is 12.8 Å². The van der Waals surface area contributed by atoms with E-state index in [1.807, 2.05) is 0 Å². The molecule has 18 heavy (non-hydrogen) atoms. The number of carbonyl (C=O) groups excluding carboxylic acids is 1. The fourth-order valence-corrected chi connectivity index (χ4v) is 2.30.